The third-order valence-corrected chi connectivity index (χ3v) is 3.05. The van der Waals surface area contributed by atoms with Crippen LogP contribution in [0, 0.1) is 5.92 Å². The van der Waals surface area contributed by atoms with E-state index < -0.39 is 6.10 Å². The standard InChI is InChI=1S/C13H18O3/c1-15-10-5-6-13(16-2)11(8-10)12(14)7-9-3-4-9/h5-6,8-9,12,14H,3-4,7H2,1-2H3. The molecule has 0 aliphatic heterocycles. The summed E-state index contributed by atoms with van der Waals surface area (Å²) in [5.74, 6) is 2.17. The van der Waals surface area contributed by atoms with Crippen molar-refractivity contribution in [2.45, 2.75) is 25.4 Å². The molecule has 1 saturated carbocycles. The van der Waals surface area contributed by atoms with E-state index in [4.69, 9.17) is 9.47 Å². The predicted octanol–water partition coefficient (Wildman–Crippen LogP) is 2.54. The molecule has 88 valence electrons. The highest BCUT2D eigenvalue weighted by Crippen LogP contribution is 2.40. The molecule has 1 aromatic carbocycles. The van der Waals surface area contributed by atoms with Gasteiger partial charge in [-0.25, -0.2) is 0 Å². The van der Waals surface area contributed by atoms with Gasteiger partial charge in [-0.3, -0.25) is 0 Å². The van der Waals surface area contributed by atoms with Crippen LogP contribution >= 0.6 is 0 Å². The molecule has 3 nitrogen and oxygen atoms in total. The van der Waals surface area contributed by atoms with Crippen molar-refractivity contribution in [2.75, 3.05) is 14.2 Å². The Kier molecular flexibility index (Phi) is 3.34. The Labute approximate surface area is 96.0 Å². The van der Waals surface area contributed by atoms with E-state index in [2.05, 4.69) is 0 Å². The van der Waals surface area contributed by atoms with Gasteiger partial charge in [-0.1, -0.05) is 12.8 Å². The van der Waals surface area contributed by atoms with Gasteiger partial charge in [0.2, 0.25) is 0 Å². The maximum absolute atomic E-state index is 10.1. The molecule has 1 N–H and O–H groups in total. The van der Waals surface area contributed by atoms with Crippen LogP contribution in [0.1, 0.15) is 30.9 Å². The molecule has 1 unspecified atom stereocenters. The lowest BCUT2D eigenvalue weighted by Crippen LogP contribution is -2.02. The predicted molar refractivity (Wildman–Crippen MR) is 61.8 cm³/mol. The lowest BCUT2D eigenvalue weighted by atomic mass is 10.0. The van der Waals surface area contributed by atoms with Crippen molar-refractivity contribution in [3.63, 3.8) is 0 Å². The highest BCUT2D eigenvalue weighted by molar-refractivity contribution is 5.41. The first-order chi connectivity index (χ1) is 7.74. The molecule has 16 heavy (non-hydrogen) atoms. The normalized spacial score (nSPS) is 16.9. The van der Waals surface area contributed by atoms with Gasteiger partial charge in [0.25, 0.3) is 0 Å². The van der Waals surface area contributed by atoms with Crippen LogP contribution < -0.4 is 9.47 Å². The minimum atomic E-state index is -0.447. The highest BCUT2D eigenvalue weighted by atomic mass is 16.5. The zero-order valence-corrected chi connectivity index (χ0v) is 9.77. The van der Waals surface area contributed by atoms with Crippen molar-refractivity contribution in [2.24, 2.45) is 5.92 Å². The van der Waals surface area contributed by atoms with Crippen molar-refractivity contribution < 1.29 is 14.6 Å². The summed E-state index contributed by atoms with van der Waals surface area (Å²) in [5.41, 5.74) is 0.828. The highest BCUT2D eigenvalue weighted by Gasteiger charge is 2.26. The molecule has 0 saturated heterocycles. The molecule has 1 aliphatic carbocycles. The number of hydrogen-bond acceptors (Lipinski definition) is 3. The van der Waals surface area contributed by atoms with Gasteiger partial charge in [-0.2, -0.15) is 0 Å². The molecule has 1 atom stereocenters. The van der Waals surface area contributed by atoms with Crippen LogP contribution in [0.25, 0.3) is 0 Å². The van der Waals surface area contributed by atoms with Gasteiger partial charge in [-0.15, -0.1) is 0 Å². The third kappa shape index (κ3) is 2.47. The molecular formula is C13H18O3. The van der Waals surface area contributed by atoms with Crippen molar-refractivity contribution in [3.8, 4) is 11.5 Å². The van der Waals surface area contributed by atoms with E-state index in [1.807, 2.05) is 18.2 Å². The average Bonchev–Trinajstić information content (AvgIpc) is 3.12. The molecule has 1 fully saturated rings. The first-order valence-corrected chi connectivity index (χ1v) is 5.64. The Balaban J connectivity index is 2.20. The molecular weight excluding hydrogens is 204 g/mol. The van der Waals surface area contributed by atoms with E-state index in [1.54, 1.807) is 14.2 Å². The number of methoxy groups -OCH3 is 2. The molecule has 0 amide bonds. The Morgan fingerprint density at radius 1 is 1.31 bits per heavy atom. The lowest BCUT2D eigenvalue weighted by Gasteiger charge is -2.15. The van der Waals surface area contributed by atoms with Crippen molar-refractivity contribution >= 4 is 0 Å². The Hall–Kier alpha value is -1.22. The van der Waals surface area contributed by atoms with Gasteiger partial charge in [0.1, 0.15) is 11.5 Å². The van der Waals surface area contributed by atoms with E-state index in [0.717, 1.165) is 23.5 Å². The van der Waals surface area contributed by atoms with Crippen molar-refractivity contribution in [1.82, 2.24) is 0 Å². The summed E-state index contributed by atoms with van der Waals surface area (Å²) >= 11 is 0. The zero-order chi connectivity index (χ0) is 11.5. The van der Waals surface area contributed by atoms with Gasteiger partial charge >= 0.3 is 0 Å². The largest absolute Gasteiger partial charge is 0.497 e. The molecule has 0 bridgehead atoms. The molecule has 3 heteroatoms. The molecule has 0 aromatic heterocycles. The minimum Gasteiger partial charge on any atom is -0.497 e. The van der Waals surface area contributed by atoms with Gasteiger partial charge < -0.3 is 14.6 Å². The van der Waals surface area contributed by atoms with Gasteiger partial charge in [0, 0.05) is 5.56 Å². The average molecular weight is 222 g/mol. The van der Waals surface area contributed by atoms with E-state index in [9.17, 15) is 5.11 Å². The number of aliphatic hydroxyl groups excluding tert-OH is 1. The van der Waals surface area contributed by atoms with Crippen molar-refractivity contribution in [1.29, 1.82) is 0 Å². The maximum atomic E-state index is 10.1. The zero-order valence-electron chi connectivity index (χ0n) is 9.77. The summed E-state index contributed by atoms with van der Waals surface area (Å²) in [6.07, 6.45) is 2.86. The molecule has 0 radical (unpaired) electrons. The van der Waals surface area contributed by atoms with Crippen LogP contribution in [0.5, 0.6) is 11.5 Å². The summed E-state index contributed by atoms with van der Waals surface area (Å²) in [6, 6.07) is 5.53. The molecule has 1 aromatic rings. The molecule has 0 heterocycles. The summed E-state index contributed by atoms with van der Waals surface area (Å²) in [5, 5.41) is 10.1. The number of ether oxygens (including phenoxy) is 2. The van der Waals surface area contributed by atoms with E-state index >= 15 is 0 Å². The van der Waals surface area contributed by atoms with Crippen LogP contribution in [-0.2, 0) is 0 Å². The summed E-state index contributed by atoms with van der Waals surface area (Å²) in [4.78, 5) is 0. The number of hydrogen-bond donors (Lipinski definition) is 1. The SMILES string of the molecule is COc1ccc(OC)c(C(O)CC2CC2)c1. The Bertz CT molecular complexity index is 358. The van der Waals surface area contributed by atoms with E-state index in [1.165, 1.54) is 12.8 Å². The number of benzene rings is 1. The summed E-state index contributed by atoms with van der Waals surface area (Å²) in [7, 11) is 3.24. The Morgan fingerprint density at radius 2 is 2.06 bits per heavy atom. The minimum absolute atomic E-state index is 0.447. The topological polar surface area (TPSA) is 38.7 Å². The molecule has 1 aliphatic rings. The van der Waals surface area contributed by atoms with E-state index in [-0.39, 0.29) is 0 Å². The second-order valence-electron chi connectivity index (χ2n) is 4.30. The van der Waals surface area contributed by atoms with Crippen LogP contribution in [0.2, 0.25) is 0 Å². The van der Waals surface area contributed by atoms with Crippen molar-refractivity contribution in [3.05, 3.63) is 23.8 Å². The fourth-order valence-electron chi connectivity index (χ4n) is 1.90. The van der Waals surface area contributed by atoms with Crippen LogP contribution in [0.3, 0.4) is 0 Å². The summed E-state index contributed by atoms with van der Waals surface area (Å²) in [6.45, 7) is 0. The second kappa shape index (κ2) is 4.74. The molecule has 0 spiro atoms. The van der Waals surface area contributed by atoms with Crippen LogP contribution in [0.15, 0.2) is 18.2 Å². The quantitative estimate of drug-likeness (QED) is 0.832. The first kappa shape index (κ1) is 11.3. The van der Waals surface area contributed by atoms with Crippen LogP contribution in [0.4, 0.5) is 0 Å². The molecule has 2 rings (SSSR count). The van der Waals surface area contributed by atoms with Gasteiger partial charge in [-0.05, 0) is 30.5 Å². The van der Waals surface area contributed by atoms with Gasteiger partial charge in [0.05, 0.1) is 20.3 Å². The number of rotatable bonds is 5. The smallest absolute Gasteiger partial charge is 0.124 e. The monoisotopic (exact) mass is 222 g/mol. The maximum Gasteiger partial charge on any atom is 0.124 e. The van der Waals surface area contributed by atoms with E-state index in [0.29, 0.717) is 5.92 Å². The summed E-state index contributed by atoms with van der Waals surface area (Å²) < 4.78 is 10.4. The third-order valence-electron chi connectivity index (χ3n) is 3.05. The van der Waals surface area contributed by atoms with Crippen LogP contribution in [-0.4, -0.2) is 19.3 Å². The fourth-order valence-corrected chi connectivity index (χ4v) is 1.90. The fraction of sp³-hybridized carbons (Fsp3) is 0.538. The first-order valence-electron chi connectivity index (χ1n) is 5.64. The number of aliphatic hydroxyl groups is 1. The van der Waals surface area contributed by atoms with Gasteiger partial charge in [0.15, 0.2) is 0 Å². The second-order valence-corrected chi connectivity index (χ2v) is 4.30. The lowest BCUT2D eigenvalue weighted by molar-refractivity contribution is 0.156. The Morgan fingerprint density at radius 3 is 2.62 bits per heavy atom.